The quantitative estimate of drug-likeness (QED) is 0.549. The Morgan fingerprint density at radius 3 is 2.47 bits per heavy atom. The molecule has 1 aliphatic rings. The Hall–Kier alpha value is -3.04. The number of halogens is 1. The average Bonchev–Trinajstić information content (AvgIpc) is 2.75. The summed E-state index contributed by atoms with van der Waals surface area (Å²) < 4.78 is 10.5. The number of hydrogen-bond acceptors (Lipinski definition) is 7. The molecule has 1 amide bonds. The number of nitrogens with zero attached hydrogens (tertiary/aromatic N) is 3. The summed E-state index contributed by atoms with van der Waals surface area (Å²) in [7, 11) is 3.02. The lowest BCUT2D eigenvalue weighted by Gasteiger charge is -2.35. The minimum atomic E-state index is -0.554. The molecule has 0 unspecified atom stereocenters. The molecule has 10 heteroatoms. The second-order valence-corrected chi connectivity index (χ2v) is 6.63. The van der Waals surface area contributed by atoms with E-state index in [9.17, 15) is 14.9 Å². The van der Waals surface area contributed by atoms with Gasteiger partial charge in [0.25, 0.3) is 5.69 Å². The number of para-hydroxylation sites is 2. The van der Waals surface area contributed by atoms with Crippen LogP contribution in [-0.4, -0.2) is 56.3 Å². The number of benzene rings is 2. The van der Waals surface area contributed by atoms with Gasteiger partial charge in [-0.3, -0.25) is 15.0 Å². The molecule has 2 aromatic carbocycles. The van der Waals surface area contributed by atoms with E-state index >= 15 is 0 Å². The van der Waals surface area contributed by atoms with Gasteiger partial charge in [0.2, 0.25) is 0 Å². The number of anilines is 1. The van der Waals surface area contributed by atoms with Crippen molar-refractivity contribution in [3.8, 4) is 11.5 Å². The van der Waals surface area contributed by atoms with E-state index in [1.807, 2.05) is 18.2 Å². The normalized spacial score (nSPS) is 13.9. The highest BCUT2D eigenvalue weighted by Gasteiger charge is 2.23. The fraction of sp³-hybridized carbons (Fsp3) is 0.350. The lowest BCUT2D eigenvalue weighted by Crippen LogP contribution is -2.46. The number of nitro benzene ring substituents is 1. The lowest BCUT2D eigenvalue weighted by atomic mass is 10.1. The van der Waals surface area contributed by atoms with Gasteiger partial charge in [0.1, 0.15) is 5.69 Å². The van der Waals surface area contributed by atoms with Crippen LogP contribution in [0.3, 0.4) is 0 Å². The Bertz CT molecular complexity index is 887. The number of nitro groups is 1. The molecular weight excluding hydrogens is 412 g/mol. The Morgan fingerprint density at radius 1 is 1.13 bits per heavy atom. The first-order chi connectivity index (χ1) is 14.0. The molecule has 1 saturated heterocycles. The van der Waals surface area contributed by atoms with E-state index in [1.54, 1.807) is 18.2 Å². The summed E-state index contributed by atoms with van der Waals surface area (Å²) in [5, 5.41) is 13.7. The Morgan fingerprint density at radius 2 is 1.83 bits per heavy atom. The van der Waals surface area contributed by atoms with Crippen LogP contribution in [0.4, 0.5) is 16.2 Å². The fourth-order valence-electron chi connectivity index (χ4n) is 3.34. The maximum Gasteiger partial charge on any atom is 0.412 e. The summed E-state index contributed by atoms with van der Waals surface area (Å²) >= 11 is 0. The molecule has 1 fully saturated rings. The largest absolute Gasteiger partial charge is 0.493 e. The molecule has 1 aliphatic heterocycles. The van der Waals surface area contributed by atoms with Crippen LogP contribution < -0.4 is 19.7 Å². The molecule has 0 aliphatic carbocycles. The van der Waals surface area contributed by atoms with Crippen LogP contribution >= 0.6 is 12.4 Å². The van der Waals surface area contributed by atoms with Gasteiger partial charge in [0.15, 0.2) is 11.5 Å². The average molecular weight is 437 g/mol. The molecule has 0 saturated carbocycles. The predicted molar refractivity (Wildman–Crippen MR) is 116 cm³/mol. The summed E-state index contributed by atoms with van der Waals surface area (Å²) in [4.78, 5) is 26.7. The summed E-state index contributed by atoms with van der Waals surface area (Å²) in [6.07, 6.45) is -0.554. The van der Waals surface area contributed by atoms with Crippen LogP contribution in [-0.2, 0) is 6.54 Å². The predicted octanol–water partition coefficient (Wildman–Crippen LogP) is 3.07. The second-order valence-electron chi connectivity index (χ2n) is 6.63. The van der Waals surface area contributed by atoms with Gasteiger partial charge in [-0.15, -0.1) is 12.4 Å². The smallest absolute Gasteiger partial charge is 0.412 e. The van der Waals surface area contributed by atoms with Gasteiger partial charge in [-0.25, -0.2) is 4.79 Å². The van der Waals surface area contributed by atoms with Crippen LogP contribution in [0, 0.1) is 10.1 Å². The van der Waals surface area contributed by atoms with Crippen molar-refractivity contribution in [3.63, 3.8) is 0 Å². The number of rotatable bonds is 6. The SMILES string of the molecule is CNC(=O)Oc1ccc(CN2CCN(c3ccccc3[N+](=O)[O-])CC2)cc1OC.Cl. The highest BCUT2D eigenvalue weighted by molar-refractivity contribution is 5.85. The zero-order chi connectivity index (χ0) is 20.8. The number of piperazine rings is 1. The van der Waals surface area contributed by atoms with E-state index in [4.69, 9.17) is 9.47 Å². The van der Waals surface area contributed by atoms with Crippen LogP contribution in [0.2, 0.25) is 0 Å². The molecule has 3 rings (SSSR count). The summed E-state index contributed by atoms with van der Waals surface area (Å²) in [5.74, 6) is 0.849. The number of carbonyl (C=O) groups is 1. The van der Waals surface area contributed by atoms with E-state index in [-0.39, 0.29) is 23.0 Å². The Labute approximate surface area is 181 Å². The lowest BCUT2D eigenvalue weighted by molar-refractivity contribution is -0.384. The first-order valence-electron chi connectivity index (χ1n) is 9.29. The monoisotopic (exact) mass is 436 g/mol. The zero-order valence-corrected chi connectivity index (χ0v) is 17.7. The van der Waals surface area contributed by atoms with Gasteiger partial charge >= 0.3 is 6.09 Å². The van der Waals surface area contributed by atoms with Crippen LogP contribution in [0.15, 0.2) is 42.5 Å². The first-order valence-corrected chi connectivity index (χ1v) is 9.29. The van der Waals surface area contributed by atoms with Gasteiger partial charge < -0.3 is 19.7 Å². The van der Waals surface area contributed by atoms with Gasteiger partial charge in [-0.2, -0.15) is 0 Å². The van der Waals surface area contributed by atoms with E-state index in [1.165, 1.54) is 20.2 Å². The van der Waals surface area contributed by atoms with Crippen LogP contribution in [0.1, 0.15) is 5.56 Å². The molecule has 162 valence electrons. The van der Waals surface area contributed by atoms with Crippen molar-refractivity contribution in [2.45, 2.75) is 6.54 Å². The summed E-state index contributed by atoms with van der Waals surface area (Å²) in [5.41, 5.74) is 1.83. The number of hydrogen-bond donors (Lipinski definition) is 1. The molecule has 30 heavy (non-hydrogen) atoms. The van der Waals surface area contributed by atoms with E-state index < -0.39 is 6.09 Å². The molecule has 0 spiro atoms. The van der Waals surface area contributed by atoms with Crippen molar-refractivity contribution in [2.75, 3.05) is 45.2 Å². The van der Waals surface area contributed by atoms with Crippen molar-refractivity contribution >= 4 is 29.9 Å². The maximum atomic E-state index is 11.4. The second kappa shape index (κ2) is 10.7. The molecule has 0 bridgehead atoms. The Kier molecular flexibility index (Phi) is 8.25. The summed E-state index contributed by atoms with van der Waals surface area (Å²) in [6, 6.07) is 12.3. The molecule has 1 heterocycles. The first kappa shape index (κ1) is 23.2. The fourth-order valence-corrected chi connectivity index (χ4v) is 3.34. The van der Waals surface area contributed by atoms with Gasteiger partial charge in [0.05, 0.1) is 12.0 Å². The van der Waals surface area contributed by atoms with E-state index in [2.05, 4.69) is 15.1 Å². The minimum absolute atomic E-state index is 0. The molecule has 2 aromatic rings. The number of ether oxygens (including phenoxy) is 2. The molecule has 9 nitrogen and oxygen atoms in total. The minimum Gasteiger partial charge on any atom is -0.493 e. The zero-order valence-electron chi connectivity index (χ0n) is 16.9. The number of amides is 1. The van der Waals surface area contributed by atoms with E-state index in [0.717, 1.165) is 18.7 Å². The summed E-state index contributed by atoms with van der Waals surface area (Å²) in [6.45, 7) is 3.69. The van der Waals surface area contributed by atoms with Crippen LogP contribution in [0.25, 0.3) is 0 Å². The van der Waals surface area contributed by atoms with Gasteiger partial charge in [0, 0.05) is 45.8 Å². The molecular formula is C20H25ClN4O5. The van der Waals surface area contributed by atoms with Gasteiger partial charge in [-0.1, -0.05) is 18.2 Å². The number of methoxy groups -OCH3 is 1. The maximum absolute atomic E-state index is 11.4. The number of nitrogens with one attached hydrogen (secondary N) is 1. The van der Waals surface area contributed by atoms with Gasteiger partial charge in [-0.05, 0) is 23.8 Å². The Balaban J connectivity index is 0.00000320. The highest BCUT2D eigenvalue weighted by atomic mass is 35.5. The van der Waals surface area contributed by atoms with Crippen LogP contribution in [0.5, 0.6) is 11.5 Å². The molecule has 0 atom stereocenters. The van der Waals surface area contributed by atoms with Crippen molar-refractivity contribution < 1.29 is 19.2 Å². The third-order valence-electron chi connectivity index (χ3n) is 4.83. The van der Waals surface area contributed by atoms with E-state index in [0.29, 0.717) is 36.8 Å². The van der Waals surface area contributed by atoms with Crippen molar-refractivity contribution in [1.29, 1.82) is 0 Å². The van der Waals surface area contributed by atoms with Crippen molar-refractivity contribution in [2.24, 2.45) is 0 Å². The van der Waals surface area contributed by atoms with Crippen molar-refractivity contribution in [3.05, 3.63) is 58.1 Å². The highest BCUT2D eigenvalue weighted by Crippen LogP contribution is 2.30. The molecule has 0 radical (unpaired) electrons. The molecule has 1 N–H and O–H groups in total. The van der Waals surface area contributed by atoms with Crippen molar-refractivity contribution in [1.82, 2.24) is 10.2 Å². The topological polar surface area (TPSA) is 97.2 Å². The third kappa shape index (κ3) is 5.52. The number of carbonyl (C=O) groups excluding carboxylic acids is 1. The molecule has 0 aromatic heterocycles. The third-order valence-corrected chi connectivity index (χ3v) is 4.83. The standard InChI is InChI=1S/C20H24N4O5.ClH/c1-21-20(25)29-18-8-7-15(13-19(18)28-2)14-22-9-11-23(12-10-22)16-5-3-4-6-17(16)24(26)27;/h3-8,13H,9-12,14H2,1-2H3,(H,21,25);1H.